The summed E-state index contributed by atoms with van der Waals surface area (Å²) >= 11 is 0. The van der Waals surface area contributed by atoms with Crippen molar-refractivity contribution in [3.63, 3.8) is 0 Å². The molecule has 0 aliphatic rings. The molecule has 3 heterocycles. The van der Waals surface area contributed by atoms with Crippen molar-refractivity contribution in [2.45, 2.75) is 85.9 Å². The van der Waals surface area contributed by atoms with E-state index in [9.17, 15) is 14.4 Å². The number of hydrogen-bond donors (Lipinski definition) is 0. The van der Waals surface area contributed by atoms with Crippen LogP contribution < -0.4 is 0 Å². The standard InChI is InChI=1S/C37H58N6O10/c1-30(2)9-16-52-35(5,6)21-37(25-47-17-19-49-31(44)41-13-10-38-27-41,26-48-18-20-50-32(45)42-14-11-39-28-42)22-36(7,8)53-24-34(3,4)23-51-33(46)43-15-12-40-29-43/h10-15,27-30H,9,16-26H2,1-8H3. The number of nitrogens with zero attached hydrogens (tertiary/aromatic N) is 6. The molecule has 0 spiro atoms. The number of ether oxygens (including phenoxy) is 7. The maximum absolute atomic E-state index is 12.4. The Morgan fingerprint density at radius 2 is 1.00 bits per heavy atom. The zero-order valence-corrected chi connectivity index (χ0v) is 32.5. The highest BCUT2D eigenvalue weighted by atomic mass is 16.6. The zero-order chi connectivity index (χ0) is 39.0. The molecule has 0 aliphatic heterocycles. The van der Waals surface area contributed by atoms with E-state index in [1.807, 2.05) is 41.5 Å². The highest BCUT2D eigenvalue weighted by Crippen LogP contribution is 2.41. The molecule has 16 nitrogen and oxygen atoms in total. The predicted octanol–water partition coefficient (Wildman–Crippen LogP) is 6.09. The van der Waals surface area contributed by atoms with Crippen LogP contribution in [0.2, 0.25) is 0 Å². The molecule has 0 aromatic carbocycles. The van der Waals surface area contributed by atoms with E-state index >= 15 is 0 Å². The minimum absolute atomic E-state index is 0.0261. The summed E-state index contributed by atoms with van der Waals surface area (Å²) in [4.78, 5) is 48.7. The fraction of sp³-hybridized carbons (Fsp3) is 0.676. The SMILES string of the molecule is CC(C)CCOC(C)(C)CC(COCCOC(=O)n1ccnc1)(COCCOC(=O)n1ccnc1)CC(C)(C)OCC(C)(C)COC(=O)n1ccnc1. The smallest absolute Gasteiger partial charge is 0.419 e. The van der Waals surface area contributed by atoms with Crippen molar-refractivity contribution in [3.8, 4) is 0 Å². The Labute approximate surface area is 312 Å². The summed E-state index contributed by atoms with van der Waals surface area (Å²) in [7, 11) is 0. The lowest BCUT2D eigenvalue weighted by Gasteiger charge is -2.44. The van der Waals surface area contributed by atoms with Gasteiger partial charge in [-0.15, -0.1) is 0 Å². The highest BCUT2D eigenvalue weighted by molar-refractivity contribution is 5.70. The van der Waals surface area contributed by atoms with E-state index in [0.29, 0.717) is 25.4 Å². The van der Waals surface area contributed by atoms with Crippen LogP contribution in [-0.2, 0) is 33.2 Å². The van der Waals surface area contributed by atoms with Gasteiger partial charge in [-0.1, -0.05) is 27.7 Å². The second-order valence-corrected chi connectivity index (χ2v) is 15.7. The maximum Gasteiger partial charge on any atom is 0.419 e. The first-order valence-corrected chi connectivity index (χ1v) is 17.9. The summed E-state index contributed by atoms with van der Waals surface area (Å²) in [6.07, 6.45) is 13.4. The topological polar surface area (TPSA) is 169 Å². The first kappa shape index (κ1) is 43.3. The summed E-state index contributed by atoms with van der Waals surface area (Å²) in [5.41, 5.74) is -2.49. The van der Waals surface area contributed by atoms with Gasteiger partial charge in [0.1, 0.15) is 38.8 Å². The highest BCUT2D eigenvalue weighted by Gasteiger charge is 2.43. The largest absolute Gasteiger partial charge is 0.448 e. The molecule has 3 rings (SSSR count). The average molecular weight is 747 g/mol. The van der Waals surface area contributed by atoms with Gasteiger partial charge in [0, 0.05) is 54.6 Å². The van der Waals surface area contributed by atoms with E-state index in [2.05, 4.69) is 28.8 Å². The number of rotatable bonds is 23. The molecule has 0 unspecified atom stereocenters. The van der Waals surface area contributed by atoms with Crippen LogP contribution in [0.25, 0.3) is 0 Å². The number of aromatic nitrogens is 6. The molecule has 3 aromatic rings. The lowest BCUT2D eigenvalue weighted by atomic mass is 9.72. The zero-order valence-electron chi connectivity index (χ0n) is 32.5. The third kappa shape index (κ3) is 16.2. The Hall–Kier alpha value is -4.12. The summed E-state index contributed by atoms with van der Waals surface area (Å²) in [6.45, 7) is 18.1. The van der Waals surface area contributed by atoms with Crippen LogP contribution in [-0.4, -0.2) is 118 Å². The minimum Gasteiger partial charge on any atom is -0.448 e. The molecular formula is C37H58N6O10. The third-order valence-corrected chi connectivity index (χ3v) is 8.10. The van der Waals surface area contributed by atoms with Crippen molar-refractivity contribution in [1.82, 2.24) is 28.7 Å². The third-order valence-electron chi connectivity index (χ3n) is 8.10. The average Bonchev–Trinajstić information content (AvgIpc) is 3.90. The first-order chi connectivity index (χ1) is 25.0. The summed E-state index contributed by atoms with van der Waals surface area (Å²) in [6, 6.07) is 0. The molecule has 0 aliphatic carbocycles. The van der Waals surface area contributed by atoms with Crippen molar-refractivity contribution < 1.29 is 47.5 Å². The molecule has 0 saturated heterocycles. The van der Waals surface area contributed by atoms with Crippen LogP contribution in [0.5, 0.6) is 0 Å². The van der Waals surface area contributed by atoms with E-state index in [4.69, 9.17) is 33.2 Å². The van der Waals surface area contributed by atoms with Crippen molar-refractivity contribution in [1.29, 1.82) is 0 Å². The molecule has 0 atom stereocenters. The van der Waals surface area contributed by atoms with Gasteiger partial charge in [0.25, 0.3) is 0 Å². The van der Waals surface area contributed by atoms with Crippen molar-refractivity contribution >= 4 is 18.3 Å². The van der Waals surface area contributed by atoms with Gasteiger partial charge < -0.3 is 33.2 Å². The Kier molecular flexibility index (Phi) is 16.6. The monoisotopic (exact) mass is 746 g/mol. The van der Waals surface area contributed by atoms with E-state index in [0.717, 1.165) is 6.42 Å². The van der Waals surface area contributed by atoms with Crippen LogP contribution in [0, 0.1) is 16.7 Å². The molecule has 0 radical (unpaired) electrons. The van der Waals surface area contributed by atoms with Gasteiger partial charge in [-0.25, -0.2) is 43.0 Å². The molecule has 0 saturated carbocycles. The van der Waals surface area contributed by atoms with Gasteiger partial charge in [0.2, 0.25) is 0 Å². The fourth-order valence-electron chi connectivity index (χ4n) is 5.76. The van der Waals surface area contributed by atoms with Crippen molar-refractivity contribution in [2.75, 3.05) is 59.5 Å². The van der Waals surface area contributed by atoms with Gasteiger partial charge in [-0.05, 0) is 52.9 Å². The van der Waals surface area contributed by atoms with E-state index < -0.39 is 40.3 Å². The number of carbonyl (C=O) groups excluding carboxylic acids is 3. The minimum atomic E-state index is -0.714. The van der Waals surface area contributed by atoms with Gasteiger partial charge in [0.05, 0.1) is 44.2 Å². The van der Waals surface area contributed by atoms with Crippen LogP contribution in [0.1, 0.15) is 74.7 Å². The molecule has 0 amide bonds. The number of hydrogen-bond acceptors (Lipinski definition) is 13. The fourth-order valence-corrected chi connectivity index (χ4v) is 5.76. The Morgan fingerprint density at radius 1 is 0.566 bits per heavy atom. The summed E-state index contributed by atoms with van der Waals surface area (Å²) in [5.74, 6) is 0.479. The molecule has 0 N–H and O–H groups in total. The normalized spacial score (nSPS) is 12.6. The molecule has 53 heavy (non-hydrogen) atoms. The van der Waals surface area contributed by atoms with Gasteiger partial charge in [-0.3, -0.25) is 0 Å². The lowest BCUT2D eigenvalue weighted by molar-refractivity contribution is -0.143. The van der Waals surface area contributed by atoms with Crippen LogP contribution in [0.4, 0.5) is 14.4 Å². The second-order valence-electron chi connectivity index (χ2n) is 15.7. The summed E-state index contributed by atoms with van der Waals surface area (Å²) < 4.78 is 45.5. The molecule has 16 heteroatoms. The second kappa shape index (κ2) is 20.4. The quantitative estimate of drug-likeness (QED) is 0.0808. The molecule has 0 bridgehead atoms. The number of imidazole rings is 3. The summed E-state index contributed by atoms with van der Waals surface area (Å²) in [5, 5.41) is 0. The van der Waals surface area contributed by atoms with Crippen LogP contribution in [0.15, 0.2) is 56.2 Å². The Balaban J connectivity index is 1.74. The number of carbonyl (C=O) groups is 3. The molecule has 296 valence electrons. The van der Waals surface area contributed by atoms with Crippen molar-refractivity contribution in [3.05, 3.63) is 56.2 Å². The van der Waals surface area contributed by atoms with Gasteiger partial charge in [0.15, 0.2) is 0 Å². The van der Waals surface area contributed by atoms with E-state index in [-0.39, 0.29) is 52.9 Å². The lowest BCUT2D eigenvalue weighted by Crippen LogP contribution is -2.47. The first-order valence-electron chi connectivity index (χ1n) is 17.9. The van der Waals surface area contributed by atoms with Crippen LogP contribution in [0.3, 0.4) is 0 Å². The molecule has 0 fully saturated rings. The van der Waals surface area contributed by atoms with Crippen molar-refractivity contribution in [2.24, 2.45) is 16.7 Å². The van der Waals surface area contributed by atoms with Crippen LogP contribution >= 0.6 is 0 Å². The molecular weight excluding hydrogens is 688 g/mol. The van der Waals surface area contributed by atoms with E-state index in [1.54, 1.807) is 0 Å². The Bertz CT molecular complexity index is 1430. The van der Waals surface area contributed by atoms with Gasteiger partial charge in [-0.2, -0.15) is 0 Å². The maximum atomic E-state index is 12.4. The van der Waals surface area contributed by atoms with Gasteiger partial charge >= 0.3 is 18.3 Å². The molecule has 3 aromatic heterocycles. The van der Waals surface area contributed by atoms with E-state index in [1.165, 1.54) is 69.9 Å². The predicted molar refractivity (Wildman–Crippen MR) is 194 cm³/mol. The Morgan fingerprint density at radius 3 is 1.42 bits per heavy atom.